The van der Waals surface area contributed by atoms with Crippen LogP contribution < -0.4 is 4.90 Å². The Balaban J connectivity index is 1.27. The van der Waals surface area contributed by atoms with Crippen LogP contribution in [0.4, 0.5) is 17.1 Å². The molecule has 3 heteroatoms. The van der Waals surface area contributed by atoms with Crippen molar-refractivity contribution in [2.45, 2.75) is 38.0 Å². The molecule has 3 nitrogen and oxygen atoms in total. The summed E-state index contributed by atoms with van der Waals surface area (Å²) in [4.78, 5) is 2.52. The highest BCUT2D eigenvalue weighted by molar-refractivity contribution is 6.18. The maximum atomic E-state index is 6.57. The molecule has 0 spiro atoms. The number of anilines is 3. The van der Waals surface area contributed by atoms with Crippen molar-refractivity contribution in [1.82, 2.24) is 4.57 Å². The van der Waals surface area contributed by atoms with Crippen molar-refractivity contribution >= 4 is 71.6 Å². The Morgan fingerprint density at radius 1 is 0.455 bits per heavy atom. The first-order valence-electron chi connectivity index (χ1n) is 19.7. The number of benzene rings is 8. The third-order valence-corrected chi connectivity index (χ3v) is 12.0. The van der Waals surface area contributed by atoms with Crippen LogP contribution in [0.1, 0.15) is 43.6 Å². The molecule has 0 radical (unpaired) electrons. The molecule has 10 aromatic rings. The standard InChI is InChI=1S/C52H40N2O/c1-3-17-35(18-4-1)38-26-13-19-36-20-14-27-41(50(36)38)39-23-7-11-30-45(39)54(46-31-16-34-49-51(46)43-25-9-12-33-48(43)55-49)47-32-15-28-42-40-24-8-10-29-44(40)53(52(42)47)37-21-5-2-6-22-37/h2,5-16,19-35H,1,3-4,17-18H2. The van der Waals surface area contributed by atoms with Crippen molar-refractivity contribution in [2.24, 2.45) is 0 Å². The largest absolute Gasteiger partial charge is 0.456 e. The molecule has 2 aromatic heterocycles. The monoisotopic (exact) mass is 708 g/mol. The van der Waals surface area contributed by atoms with Crippen molar-refractivity contribution in [1.29, 1.82) is 0 Å². The van der Waals surface area contributed by atoms with E-state index < -0.39 is 0 Å². The summed E-state index contributed by atoms with van der Waals surface area (Å²) in [6.45, 7) is 0. The predicted octanol–water partition coefficient (Wildman–Crippen LogP) is 15.0. The van der Waals surface area contributed by atoms with Gasteiger partial charge in [0.1, 0.15) is 11.2 Å². The molecule has 0 saturated heterocycles. The Bertz CT molecular complexity index is 3030. The first-order valence-corrected chi connectivity index (χ1v) is 19.7. The van der Waals surface area contributed by atoms with Gasteiger partial charge >= 0.3 is 0 Å². The zero-order valence-electron chi connectivity index (χ0n) is 30.7. The summed E-state index contributed by atoms with van der Waals surface area (Å²) < 4.78 is 9.01. The number of fused-ring (bicyclic) bond motifs is 7. The summed E-state index contributed by atoms with van der Waals surface area (Å²) in [7, 11) is 0. The van der Waals surface area contributed by atoms with Crippen LogP contribution in [0.15, 0.2) is 180 Å². The molecule has 0 amide bonds. The molecular formula is C52H40N2O. The van der Waals surface area contributed by atoms with Crippen LogP contribution in [-0.2, 0) is 0 Å². The van der Waals surface area contributed by atoms with Gasteiger partial charge in [-0.3, -0.25) is 0 Å². The lowest BCUT2D eigenvalue weighted by Gasteiger charge is -2.30. The number of hydrogen-bond acceptors (Lipinski definition) is 2. The molecule has 0 aliphatic heterocycles. The Morgan fingerprint density at radius 2 is 1.09 bits per heavy atom. The van der Waals surface area contributed by atoms with Gasteiger partial charge in [-0.15, -0.1) is 0 Å². The van der Waals surface area contributed by atoms with Gasteiger partial charge in [-0.05, 0) is 89.2 Å². The van der Waals surface area contributed by atoms with E-state index in [4.69, 9.17) is 4.42 Å². The van der Waals surface area contributed by atoms with Crippen LogP contribution in [0.5, 0.6) is 0 Å². The molecule has 8 aromatic carbocycles. The van der Waals surface area contributed by atoms with Gasteiger partial charge in [0.2, 0.25) is 0 Å². The van der Waals surface area contributed by atoms with Crippen LogP contribution in [-0.4, -0.2) is 4.57 Å². The zero-order valence-corrected chi connectivity index (χ0v) is 30.7. The van der Waals surface area contributed by atoms with E-state index in [0.29, 0.717) is 5.92 Å². The molecule has 11 rings (SSSR count). The normalized spacial score (nSPS) is 13.7. The van der Waals surface area contributed by atoms with Gasteiger partial charge in [-0.2, -0.15) is 0 Å². The number of hydrogen-bond donors (Lipinski definition) is 0. The van der Waals surface area contributed by atoms with Gasteiger partial charge in [-0.25, -0.2) is 0 Å². The van der Waals surface area contributed by atoms with Gasteiger partial charge in [0.25, 0.3) is 0 Å². The van der Waals surface area contributed by atoms with E-state index in [2.05, 4.69) is 185 Å². The topological polar surface area (TPSA) is 21.3 Å². The van der Waals surface area contributed by atoms with Gasteiger partial charge < -0.3 is 13.9 Å². The van der Waals surface area contributed by atoms with E-state index in [-0.39, 0.29) is 0 Å². The summed E-state index contributed by atoms with van der Waals surface area (Å²) in [6.07, 6.45) is 6.45. The highest BCUT2D eigenvalue weighted by Crippen LogP contribution is 2.50. The Hall–Kier alpha value is -6.58. The van der Waals surface area contributed by atoms with Crippen LogP contribution >= 0.6 is 0 Å². The van der Waals surface area contributed by atoms with E-state index in [1.54, 1.807) is 0 Å². The summed E-state index contributed by atoms with van der Waals surface area (Å²) in [6, 6.07) is 64.2. The van der Waals surface area contributed by atoms with Crippen molar-refractivity contribution in [3.8, 4) is 16.8 Å². The van der Waals surface area contributed by atoms with Crippen LogP contribution in [0, 0.1) is 0 Å². The second kappa shape index (κ2) is 13.1. The number of nitrogens with zero attached hydrogens (tertiary/aromatic N) is 2. The zero-order chi connectivity index (χ0) is 36.3. The van der Waals surface area contributed by atoms with Gasteiger partial charge in [0.15, 0.2) is 0 Å². The lowest BCUT2D eigenvalue weighted by molar-refractivity contribution is 0.445. The molecule has 264 valence electrons. The van der Waals surface area contributed by atoms with Gasteiger partial charge in [0, 0.05) is 27.4 Å². The minimum absolute atomic E-state index is 0.572. The molecule has 0 atom stereocenters. The Labute approximate surface area is 320 Å². The van der Waals surface area contributed by atoms with E-state index >= 15 is 0 Å². The second-order valence-electron chi connectivity index (χ2n) is 15.0. The van der Waals surface area contributed by atoms with Gasteiger partial charge in [0.05, 0.1) is 33.5 Å². The summed E-state index contributed by atoms with van der Waals surface area (Å²) in [5, 5.41) is 7.34. The average molecular weight is 709 g/mol. The average Bonchev–Trinajstić information content (AvgIpc) is 3.81. The molecule has 1 aliphatic carbocycles. The number of rotatable bonds is 6. The molecule has 0 unspecified atom stereocenters. The van der Waals surface area contributed by atoms with E-state index in [0.717, 1.165) is 50.2 Å². The molecule has 1 fully saturated rings. The highest BCUT2D eigenvalue weighted by atomic mass is 16.3. The Kier molecular flexibility index (Phi) is 7.58. The van der Waals surface area contributed by atoms with Crippen molar-refractivity contribution in [2.75, 3.05) is 4.90 Å². The predicted molar refractivity (Wildman–Crippen MR) is 232 cm³/mol. The van der Waals surface area contributed by atoms with E-state index in [1.165, 1.54) is 75.9 Å². The van der Waals surface area contributed by atoms with Crippen molar-refractivity contribution < 1.29 is 4.42 Å². The fourth-order valence-corrected chi connectivity index (χ4v) is 9.60. The van der Waals surface area contributed by atoms with Crippen LogP contribution in [0.2, 0.25) is 0 Å². The maximum Gasteiger partial charge on any atom is 0.137 e. The summed E-state index contributed by atoms with van der Waals surface area (Å²) in [5.41, 5.74) is 12.5. The van der Waals surface area contributed by atoms with E-state index in [1.807, 2.05) is 0 Å². The fraction of sp³-hybridized carbons (Fsp3) is 0.115. The molecule has 55 heavy (non-hydrogen) atoms. The van der Waals surface area contributed by atoms with Crippen LogP contribution in [0.3, 0.4) is 0 Å². The third-order valence-electron chi connectivity index (χ3n) is 12.0. The SMILES string of the molecule is c1ccc(-n2c3ccccc3c3cccc(N(c4ccccc4-c4cccc5cccc(C6CCCCC6)c45)c4cccc5oc6ccccc6c45)c32)cc1. The highest BCUT2D eigenvalue weighted by Gasteiger charge is 2.27. The first-order chi connectivity index (χ1) is 27.3. The molecule has 1 saturated carbocycles. The molecule has 0 bridgehead atoms. The summed E-state index contributed by atoms with van der Waals surface area (Å²) >= 11 is 0. The van der Waals surface area contributed by atoms with Crippen molar-refractivity contribution in [3.63, 3.8) is 0 Å². The van der Waals surface area contributed by atoms with Crippen molar-refractivity contribution in [3.05, 3.63) is 181 Å². The minimum atomic E-state index is 0.572. The third kappa shape index (κ3) is 5.11. The second-order valence-corrected chi connectivity index (χ2v) is 15.0. The molecular weight excluding hydrogens is 669 g/mol. The van der Waals surface area contributed by atoms with Crippen LogP contribution in [0.25, 0.3) is 71.3 Å². The fourth-order valence-electron chi connectivity index (χ4n) is 9.60. The minimum Gasteiger partial charge on any atom is -0.456 e. The van der Waals surface area contributed by atoms with E-state index in [9.17, 15) is 0 Å². The number of aromatic nitrogens is 1. The maximum absolute atomic E-state index is 6.57. The lowest BCUT2D eigenvalue weighted by atomic mass is 9.80. The number of furan rings is 1. The first kappa shape index (κ1) is 31.9. The van der Waals surface area contributed by atoms with Gasteiger partial charge in [-0.1, -0.05) is 147 Å². The summed E-state index contributed by atoms with van der Waals surface area (Å²) in [5.74, 6) is 0.572. The number of para-hydroxylation sites is 5. The molecule has 1 aliphatic rings. The quantitative estimate of drug-likeness (QED) is 0.171. The smallest absolute Gasteiger partial charge is 0.137 e. The Morgan fingerprint density at radius 3 is 1.98 bits per heavy atom. The lowest BCUT2D eigenvalue weighted by Crippen LogP contribution is -2.13. The molecule has 2 heterocycles. The molecule has 0 N–H and O–H groups in total.